The lowest BCUT2D eigenvalue weighted by Crippen LogP contribution is -2.31. The third kappa shape index (κ3) is 6.70. The molecule has 0 aromatic heterocycles. The quantitative estimate of drug-likeness (QED) is 0.366. The number of ether oxygens (including phenoxy) is 1. The second-order valence-electron chi connectivity index (χ2n) is 6.67. The van der Waals surface area contributed by atoms with Crippen LogP contribution in [0.4, 0.5) is 0 Å². The molecule has 0 saturated heterocycles. The standard InChI is InChI=1S/C23H26N2O2S2/c1-27-22-10-8-20(9-11-22)23(26)24-12-13-25(28)14-15-29-17-18-6-7-19-4-2-3-5-21(19)16-18/h2-11,16,28H,12-15,17H2,1H3,(H,24,26). The number of methoxy groups -OCH3 is 1. The van der Waals surface area contributed by atoms with Gasteiger partial charge in [-0.25, -0.2) is 0 Å². The zero-order valence-corrected chi connectivity index (χ0v) is 18.2. The normalized spacial score (nSPS) is 11.0. The summed E-state index contributed by atoms with van der Waals surface area (Å²) in [5, 5.41) is 5.49. The van der Waals surface area contributed by atoms with Gasteiger partial charge >= 0.3 is 0 Å². The molecule has 152 valence electrons. The molecule has 0 spiro atoms. The van der Waals surface area contributed by atoms with Gasteiger partial charge in [-0.15, -0.1) is 0 Å². The first-order valence-electron chi connectivity index (χ1n) is 9.57. The highest BCUT2D eigenvalue weighted by atomic mass is 32.2. The minimum Gasteiger partial charge on any atom is -0.497 e. The number of carbonyl (C=O) groups is 1. The van der Waals surface area contributed by atoms with Gasteiger partial charge in [0.25, 0.3) is 5.91 Å². The van der Waals surface area contributed by atoms with E-state index in [1.165, 1.54) is 16.3 Å². The highest BCUT2D eigenvalue weighted by Crippen LogP contribution is 2.19. The number of hydrogen-bond donors (Lipinski definition) is 2. The smallest absolute Gasteiger partial charge is 0.251 e. The number of carbonyl (C=O) groups excluding carboxylic acids is 1. The summed E-state index contributed by atoms with van der Waals surface area (Å²) < 4.78 is 7.05. The Morgan fingerprint density at radius 2 is 1.79 bits per heavy atom. The first kappa shape index (κ1) is 21.6. The average Bonchev–Trinajstić information content (AvgIpc) is 2.76. The van der Waals surface area contributed by atoms with Gasteiger partial charge in [-0.2, -0.15) is 11.8 Å². The van der Waals surface area contributed by atoms with E-state index in [1.807, 2.05) is 16.1 Å². The molecule has 29 heavy (non-hydrogen) atoms. The summed E-state index contributed by atoms with van der Waals surface area (Å²) in [6, 6.07) is 22.2. The van der Waals surface area contributed by atoms with E-state index in [9.17, 15) is 4.79 Å². The van der Waals surface area contributed by atoms with Crippen LogP contribution in [0.15, 0.2) is 66.7 Å². The van der Waals surface area contributed by atoms with Gasteiger partial charge in [0.15, 0.2) is 0 Å². The third-order valence-corrected chi connectivity index (χ3v) is 5.99. The summed E-state index contributed by atoms with van der Waals surface area (Å²) in [5.41, 5.74) is 1.97. The predicted molar refractivity (Wildman–Crippen MR) is 126 cm³/mol. The molecule has 6 heteroatoms. The van der Waals surface area contributed by atoms with Crippen molar-refractivity contribution in [2.75, 3.05) is 32.5 Å². The fourth-order valence-corrected chi connectivity index (χ4v) is 4.19. The molecule has 1 N–H and O–H groups in total. The molecule has 0 heterocycles. The van der Waals surface area contributed by atoms with E-state index < -0.39 is 0 Å². The van der Waals surface area contributed by atoms with Crippen LogP contribution in [0, 0.1) is 0 Å². The first-order valence-corrected chi connectivity index (χ1v) is 11.1. The largest absolute Gasteiger partial charge is 0.497 e. The predicted octanol–water partition coefficient (Wildman–Crippen LogP) is 4.66. The van der Waals surface area contributed by atoms with Crippen molar-refractivity contribution >= 4 is 41.3 Å². The van der Waals surface area contributed by atoms with Gasteiger partial charge in [0, 0.05) is 36.7 Å². The number of fused-ring (bicyclic) bond motifs is 1. The molecule has 3 rings (SSSR count). The molecule has 0 bridgehead atoms. The van der Waals surface area contributed by atoms with Gasteiger partial charge in [-0.05, 0) is 40.6 Å². The maximum absolute atomic E-state index is 12.1. The Kier molecular flexibility index (Phi) is 8.28. The van der Waals surface area contributed by atoms with Crippen LogP contribution in [-0.2, 0) is 5.75 Å². The Morgan fingerprint density at radius 1 is 1.03 bits per heavy atom. The van der Waals surface area contributed by atoms with E-state index in [4.69, 9.17) is 4.74 Å². The minimum absolute atomic E-state index is 0.0833. The molecule has 0 fully saturated rings. The Balaban J connectivity index is 1.32. The summed E-state index contributed by atoms with van der Waals surface area (Å²) in [7, 11) is 1.61. The lowest BCUT2D eigenvalue weighted by atomic mass is 10.1. The van der Waals surface area contributed by atoms with Crippen molar-refractivity contribution in [1.29, 1.82) is 0 Å². The molecule has 0 aliphatic heterocycles. The van der Waals surface area contributed by atoms with Gasteiger partial charge in [0.05, 0.1) is 7.11 Å². The van der Waals surface area contributed by atoms with E-state index in [-0.39, 0.29) is 5.91 Å². The molecule has 0 atom stereocenters. The molecular weight excluding hydrogens is 400 g/mol. The highest BCUT2D eigenvalue weighted by molar-refractivity contribution is 7.98. The number of amides is 1. The average molecular weight is 427 g/mol. The van der Waals surface area contributed by atoms with Gasteiger partial charge in [0.2, 0.25) is 0 Å². The number of benzene rings is 3. The molecule has 1 amide bonds. The van der Waals surface area contributed by atoms with Gasteiger partial charge in [-0.1, -0.05) is 55.3 Å². The minimum atomic E-state index is -0.0833. The van der Waals surface area contributed by atoms with Crippen molar-refractivity contribution in [2.45, 2.75) is 5.75 Å². The number of nitrogens with one attached hydrogen (secondary N) is 1. The molecule has 0 unspecified atom stereocenters. The number of nitrogens with zero attached hydrogens (tertiary/aromatic N) is 1. The maximum Gasteiger partial charge on any atom is 0.251 e. The van der Waals surface area contributed by atoms with Crippen LogP contribution in [0.5, 0.6) is 5.75 Å². The van der Waals surface area contributed by atoms with E-state index in [0.717, 1.165) is 23.8 Å². The van der Waals surface area contributed by atoms with Crippen molar-refractivity contribution in [3.8, 4) is 5.75 Å². The Morgan fingerprint density at radius 3 is 2.55 bits per heavy atom. The highest BCUT2D eigenvalue weighted by Gasteiger charge is 2.06. The Bertz CT molecular complexity index is 932. The second-order valence-corrected chi connectivity index (χ2v) is 8.34. The number of rotatable bonds is 10. The lowest BCUT2D eigenvalue weighted by Gasteiger charge is -2.15. The molecule has 0 aliphatic carbocycles. The summed E-state index contributed by atoms with van der Waals surface area (Å²) in [5.74, 6) is 2.63. The Labute approximate surface area is 182 Å². The van der Waals surface area contributed by atoms with Crippen LogP contribution in [0.1, 0.15) is 15.9 Å². The Hall–Kier alpha value is -2.15. The van der Waals surface area contributed by atoms with Crippen LogP contribution in [0.25, 0.3) is 10.8 Å². The first-order chi connectivity index (χ1) is 14.2. The summed E-state index contributed by atoms with van der Waals surface area (Å²) in [4.78, 5) is 12.1. The molecule has 4 nitrogen and oxygen atoms in total. The zero-order chi connectivity index (χ0) is 20.5. The molecule has 0 radical (unpaired) electrons. The van der Waals surface area contributed by atoms with Crippen LogP contribution in [0.2, 0.25) is 0 Å². The zero-order valence-electron chi connectivity index (χ0n) is 16.5. The fraction of sp³-hybridized carbons (Fsp3) is 0.261. The van der Waals surface area contributed by atoms with E-state index in [1.54, 1.807) is 31.4 Å². The van der Waals surface area contributed by atoms with Gasteiger partial charge in [-0.3, -0.25) is 9.10 Å². The lowest BCUT2D eigenvalue weighted by molar-refractivity contribution is 0.0952. The van der Waals surface area contributed by atoms with Crippen molar-refractivity contribution in [3.63, 3.8) is 0 Å². The van der Waals surface area contributed by atoms with Gasteiger partial charge in [0.1, 0.15) is 5.75 Å². The second kappa shape index (κ2) is 11.1. The SMILES string of the molecule is COc1ccc(C(=O)NCCN(S)CCSCc2ccc3ccccc3c2)cc1. The van der Waals surface area contributed by atoms with Crippen molar-refractivity contribution in [2.24, 2.45) is 0 Å². The topological polar surface area (TPSA) is 41.6 Å². The fourth-order valence-electron chi connectivity index (χ4n) is 2.94. The molecule has 0 aliphatic rings. The monoisotopic (exact) mass is 426 g/mol. The van der Waals surface area contributed by atoms with Crippen LogP contribution >= 0.6 is 24.6 Å². The van der Waals surface area contributed by atoms with Crippen molar-refractivity contribution in [1.82, 2.24) is 9.62 Å². The van der Waals surface area contributed by atoms with Crippen LogP contribution < -0.4 is 10.1 Å². The molecule has 3 aromatic rings. The summed E-state index contributed by atoms with van der Waals surface area (Å²) in [6.45, 7) is 2.12. The molecule has 0 saturated carbocycles. The third-order valence-electron chi connectivity index (χ3n) is 4.58. The van der Waals surface area contributed by atoms with E-state index >= 15 is 0 Å². The maximum atomic E-state index is 12.1. The van der Waals surface area contributed by atoms with E-state index in [0.29, 0.717) is 18.7 Å². The van der Waals surface area contributed by atoms with Crippen LogP contribution in [0.3, 0.4) is 0 Å². The molecule has 3 aromatic carbocycles. The van der Waals surface area contributed by atoms with Gasteiger partial charge < -0.3 is 10.1 Å². The number of hydrogen-bond acceptors (Lipinski definition) is 5. The number of thiol groups is 1. The molecular formula is C23H26N2O2S2. The van der Waals surface area contributed by atoms with Crippen molar-refractivity contribution in [3.05, 3.63) is 77.9 Å². The van der Waals surface area contributed by atoms with E-state index in [2.05, 4.69) is 60.6 Å². The van der Waals surface area contributed by atoms with Crippen molar-refractivity contribution < 1.29 is 9.53 Å². The summed E-state index contributed by atoms with van der Waals surface area (Å²) >= 11 is 6.40. The van der Waals surface area contributed by atoms with Crippen LogP contribution in [-0.4, -0.2) is 42.7 Å². The summed E-state index contributed by atoms with van der Waals surface area (Å²) in [6.07, 6.45) is 0. The number of thioether (sulfide) groups is 1.